The fourth-order valence-corrected chi connectivity index (χ4v) is 3.40. The molecule has 0 fully saturated rings. The van der Waals surface area contributed by atoms with E-state index in [2.05, 4.69) is 72.8 Å². The van der Waals surface area contributed by atoms with Crippen molar-refractivity contribution in [3.05, 3.63) is 84.9 Å². The third-order valence-electron chi connectivity index (χ3n) is 4.67. The van der Waals surface area contributed by atoms with Gasteiger partial charge in [0.2, 0.25) is 0 Å². The molecule has 2 nitrogen and oxygen atoms in total. The maximum atomic E-state index is 5.71. The minimum atomic E-state index is 0.740. The van der Waals surface area contributed by atoms with Crippen molar-refractivity contribution in [3.63, 3.8) is 0 Å². The van der Waals surface area contributed by atoms with E-state index in [1.54, 1.807) is 14.2 Å². The zero-order chi connectivity index (χ0) is 17.9. The predicted molar refractivity (Wildman–Crippen MR) is 108 cm³/mol. The Kier molecular flexibility index (Phi) is 4.32. The molecule has 0 saturated carbocycles. The summed E-state index contributed by atoms with van der Waals surface area (Å²) in [6.07, 6.45) is 0. The van der Waals surface area contributed by atoms with Gasteiger partial charge in [-0.25, -0.2) is 0 Å². The van der Waals surface area contributed by atoms with Crippen molar-refractivity contribution >= 4 is 10.8 Å². The number of hydrogen-bond acceptors (Lipinski definition) is 2. The monoisotopic (exact) mass is 340 g/mol. The van der Waals surface area contributed by atoms with Crippen LogP contribution in [0, 0.1) is 0 Å². The van der Waals surface area contributed by atoms with Crippen molar-refractivity contribution in [1.82, 2.24) is 0 Å². The maximum absolute atomic E-state index is 5.71. The van der Waals surface area contributed by atoms with Gasteiger partial charge in [0.1, 0.15) is 0 Å². The first-order valence-electron chi connectivity index (χ1n) is 8.61. The second kappa shape index (κ2) is 6.93. The Bertz CT molecular complexity index is 1040. The zero-order valence-electron chi connectivity index (χ0n) is 14.9. The van der Waals surface area contributed by atoms with E-state index in [1.165, 1.54) is 5.56 Å². The predicted octanol–water partition coefficient (Wildman–Crippen LogP) is 6.19. The molecule has 4 rings (SSSR count). The van der Waals surface area contributed by atoms with Gasteiger partial charge in [0, 0.05) is 5.39 Å². The third kappa shape index (κ3) is 2.80. The van der Waals surface area contributed by atoms with Crippen LogP contribution >= 0.6 is 0 Å². The number of benzene rings is 4. The lowest BCUT2D eigenvalue weighted by atomic mass is 9.94. The molecule has 0 atom stereocenters. The smallest absolute Gasteiger partial charge is 0.168 e. The highest BCUT2D eigenvalue weighted by molar-refractivity contribution is 6.03. The Labute approximate surface area is 153 Å². The summed E-state index contributed by atoms with van der Waals surface area (Å²) < 4.78 is 11.3. The summed E-state index contributed by atoms with van der Waals surface area (Å²) in [6.45, 7) is 0. The van der Waals surface area contributed by atoms with E-state index in [4.69, 9.17) is 9.47 Å². The Morgan fingerprint density at radius 2 is 1.19 bits per heavy atom. The molecule has 128 valence electrons. The topological polar surface area (TPSA) is 18.5 Å². The van der Waals surface area contributed by atoms with Gasteiger partial charge in [0.05, 0.1) is 14.2 Å². The van der Waals surface area contributed by atoms with Gasteiger partial charge < -0.3 is 9.47 Å². The van der Waals surface area contributed by atoms with Gasteiger partial charge >= 0.3 is 0 Å². The molecule has 0 aliphatic heterocycles. The van der Waals surface area contributed by atoms with E-state index < -0.39 is 0 Å². The van der Waals surface area contributed by atoms with Crippen LogP contribution in [0.1, 0.15) is 0 Å². The van der Waals surface area contributed by atoms with Gasteiger partial charge in [0.25, 0.3) is 0 Å². The van der Waals surface area contributed by atoms with Crippen LogP contribution in [0.5, 0.6) is 11.5 Å². The summed E-state index contributed by atoms with van der Waals surface area (Å²) in [5.74, 6) is 1.50. The van der Waals surface area contributed by atoms with Crippen LogP contribution in [0.4, 0.5) is 0 Å². The van der Waals surface area contributed by atoms with Crippen molar-refractivity contribution < 1.29 is 9.47 Å². The fourth-order valence-electron chi connectivity index (χ4n) is 3.40. The molecule has 26 heavy (non-hydrogen) atoms. The molecule has 0 unspecified atom stereocenters. The molecular formula is C24H20O2. The molecular weight excluding hydrogens is 320 g/mol. The van der Waals surface area contributed by atoms with E-state index in [0.717, 1.165) is 39.0 Å². The van der Waals surface area contributed by atoms with Gasteiger partial charge in [-0.05, 0) is 39.8 Å². The molecule has 0 amide bonds. The largest absolute Gasteiger partial charge is 0.493 e. The van der Waals surface area contributed by atoms with Crippen LogP contribution in [0.3, 0.4) is 0 Å². The molecule has 0 bridgehead atoms. The van der Waals surface area contributed by atoms with Crippen LogP contribution in [0.15, 0.2) is 84.9 Å². The number of methoxy groups -OCH3 is 2. The molecule has 0 aliphatic carbocycles. The minimum absolute atomic E-state index is 0.740. The molecule has 0 radical (unpaired) electrons. The molecule has 4 aromatic rings. The number of ether oxygens (including phenoxy) is 2. The van der Waals surface area contributed by atoms with Crippen LogP contribution in [0.25, 0.3) is 33.0 Å². The van der Waals surface area contributed by atoms with E-state index in [1.807, 2.05) is 12.1 Å². The molecule has 0 aromatic heterocycles. The Morgan fingerprint density at radius 3 is 1.81 bits per heavy atom. The third-order valence-corrected chi connectivity index (χ3v) is 4.67. The summed E-state index contributed by atoms with van der Waals surface area (Å²) in [7, 11) is 3.37. The summed E-state index contributed by atoms with van der Waals surface area (Å²) in [5, 5.41) is 2.19. The lowest BCUT2D eigenvalue weighted by Crippen LogP contribution is -1.94. The first-order chi connectivity index (χ1) is 12.8. The highest BCUT2D eigenvalue weighted by Crippen LogP contribution is 2.43. The fraction of sp³-hybridized carbons (Fsp3) is 0.0833. The molecule has 0 heterocycles. The molecule has 4 aromatic carbocycles. The number of hydrogen-bond donors (Lipinski definition) is 0. The molecule has 0 N–H and O–H groups in total. The summed E-state index contributed by atoms with van der Waals surface area (Å²) >= 11 is 0. The van der Waals surface area contributed by atoms with Crippen LogP contribution in [-0.2, 0) is 0 Å². The zero-order valence-corrected chi connectivity index (χ0v) is 14.9. The number of rotatable bonds is 4. The Morgan fingerprint density at radius 1 is 0.538 bits per heavy atom. The van der Waals surface area contributed by atoms with Crippen LogP contribution in [-0.4, -0.2) is 14.2 Å². The van der Waals surface area contributed by atoms with Gasteiger partial charge in [0.15, 0.2) is 11.5 Å². The van der Waals surface area contributed by atoms with Crippen molar-refractivity contribution in [3.8, 4) is 33.8 Å². The average molecular weight is 340 g/mol. The first kappa shape index (κ1) is 16.2. The normalized spacial score (nSPS) is 10.7. The van der Waals surface area contributed by atoms with Crippen molar-refractivity contribution in [2.24, 2.45) is 0 Å². The quantitative estimate of drug-likeness (QED) is 0.441. The Hall–Kier alpha value is -3.26. The van der Waals surface area contributed by atoms with E-state index in [-0.39, 0.29) is 0 Å². The van der Waals surface area contributed by atoms with E-state index in [9.17, 15) is 0 Å². The van der Waals surface area contributed by atoms with Gasteiger partial charge in [-0.1, -0.05) is 72.8 Å². The van der Waals surface area contributed by atoms with Crippen LogP contribution in [0.2, 0.25) is 0 Å². The van der Waals surface area contributed by atoms with Crippen LogP contribution < -0.4 is 9.47 Å². The maximum Gasteiger partial charge on any atom is 0.168 e. The highest BCUT2D eigenvalue weighted by Gasteiger charge is 2.15. The second-order valence-corrected chi connectivity index (χ2v) is 6.15. The number of fused-ring (bicyclic) bond motifs is 1. The average Bonchev–Trinajstić information content (AvgIpc) is 2.73. The molecule has 0 spiro atoms. The van der Waals surface area contributed by atoms with Gasteiger partial charge in [-0.15, -0.1) is 0 Å². The van der Waals surface area contributed by atoms with Crippen molar-refractivity contribution in [2.45, 2.75) is 0 Å². The molecule has 2 heteroatoms. The van der Waals surface area contributed by atoms with E-state index >= 15 is 0 Å². The molecule has 0 saturated heterocycles. The summed E-state index contributed by atoms with van der Waals surface area (Å²) in [4.78, 5) is 0. The van der Waals surface area contributed by atoms with Crippen molar-refractivity contribution in [1.29, 1.82) is 0 Å². The molecule has 0 aliphatic rings. The van der Waals surface area contributed by atoms with E-state index in [0.29, 0.717) is 0 Å². The van der Waals surface area contributed by atoms with Crippen molar-refractivity contribution in [2.75, 3.05) is 14.2 Å². The summed E-state index contributed by atoms with van der Waals surface area (Å²) in [6, 6.07) is 29.3. The SMILES string of the molecule is COc1cc(-c2ccccc2)c2ccc(-c3ccccc3)cc2c1OC. The van der Waals surface area contributed by atoms with Gasteiger partial charge in [-0.2, -0.15) is 0 Å². The second-order valence-electron chi connectivity index (χ2n) is 6.15. The Balaban J connectivity index is 2.03. The summed E-state index contributed by atoms with van der Waals surface area (Å²) in [5.41, 5.74) is 4.63. The first-order valence-corrected chi connectivity index (χ1v) is 8.61. The lowest BCUT2D eigenvalue weighted by molar-refractivity contribution is 0.358. The lowest BCUT2D eigenvalue weighted by Gasteiger charge is -2.16. The minimum Gasteiger partial charge on any atom is -0.493 e. The highest BCUT2D eigenvalue weighted by atomic mass is 16.5. The van der Waals surface area contributed by atoms with Gasteiger partial charge in [-0.3, -0.25) is 0 Å². The standard InChI is InChI=1S/C24H20O2/c1-25-23-16-21(18-11-7-4-8-12-18)20-14-13-19(15-22(20)24(23)26-2)17-9-5-3-6-10-17/h3-16H,1-2H3.